The molecule has 1 aliphatic heterocycles. The molecule has 2 fully saturated rings. The quantitative estimate of drug-likeness (QED) is 0.924. The minimum Gasteiger partial charge on any atom is -0.479 e. The molecule has 1 saturated heterocycles. The number of halogens is 1. The number of benzene rings is 1. The normalized spacial score (nSPS) is 26.5. The van der Waals surface area contributed by atoms with Crippen LogP contribution in [0.25, 0.3) is 0 Å². The Balaban J connectivity index is 1.82. The second kappa shape index (κ2) is 5.56. The van der Waals surface area contributed by atoms with Gasteiger partial charge in [-0.1, -0.05) is 23.7 Å². The zero-order valence-electron chi connectivity index (χ0n) is 12.3. The summed E-state index contributed by atoms with van der Waals surface area (Å²) in [5.74, 6) is -1.05. The smallest absolute Gasteiger partial charge is 0.334 e. The summed E-state index contributed by atoms with van der Waals surface area (Å²) in [6, 6.07) is 7.36. The summed E-state index contributed by atoms with van der Waals surface area (Å²) in [7, 11) is 0. The Morgan fingerprint density at radius 3 is 2.68 bits per heavy atom. The van der Waals surface area contributed by atoms with Crippen LogP contribution in [0.15, 0.2) is 24.3 Å². The van der Waals surface area contributed by atoms with Crippen molar-refractivity contribution in [3.05, 3.63) is 34.9 Å². The van der Waals surface area contributed by atoms with Crippen LogP contribution in [0.5, 0.6) is 0 Å². The van der Waals surface area contributed by atoms with Crippen LogP contribution >= 0.6 is 11.6 Å². The van der Waals surface area contributed by atoms with Crippen LogP contribution in [0.1, 0.15) is 25.3 Å². The number of carbonyl (C=O) groups is 2. The molecule has 1 amide bonds. The maximum Gasteiger partial charge on any atom is 0.334 e. The van der Waals surface area contributed by atoms with Gasteiger partial charge in [0, 0.05) is 11.6 Å². The standard InChI is InChI=1S/C16H18ClNO4/c1-10-8-18(9-13(22-10)14(19)20)15(21)16(5-6-16)11-3-2-4-12(17)7-11/h2-4,7,10,13H,5-6,8-9H2,1H3,(H,19,20)/t10-,13?/m1/s1. The van der Waals surface area contributed by atoms with E-state index in [1.165, 1.54) is 0 Å². The van der Waals surface area contributed by atoms with Crippen LogP contribution in [0.2, 0.25) is 5.02 Å². The van der Waals surface area contributed by atoms with E-state index in [0.29, 0.717) is 11.6 Å². The molecule has 2 atom stereocenters. The van der Waals surface area contributed by atoms with E-state index in [2.05, 4.69) is 0 Å². The Labute approximate surface area is 133 Å². The summed E-state index contributed by atoms with van der Waals surface area (Å²) in [5, 5.41) is 9.75. The molecule has 3 rings (SSSR count). The molecule has 0 aromatic heterocycles. The highest BCUT2D eigenvalue weighted by Crippen LogP contribution is 2.50. The third kappa shape index (κ3) is 2.71. The van der Waals surface area contributed by atoms with Gasteiger partial charge in [0.05, 0.1) is 18.1 Å². The van der Waals surface area contributed by atoms with Gasteiger partial charge in [-0.15, -0.1) is 0 Å². The summed E-state index contributed by atoms with van der Waals surface area (Å²) in [5.41, 5.74) is 0.376. The van der Waals surface area contributed by atoms with Crippen molar-refractivity contribution >= 4 is 23.5 Å². The van der Waals surface area contributed by atoms with Crippen molar-refractivity contribution in [1.82, 2.24) is 4.90 Å². The van der Waals surface area contributed by atoms with Gasteiger partial charge in [-0.25, -0.2) is 4.79 Å². The number of carboxylic acid groups (broad SMARTS) is 1. The predicted molar refractivity (Wildman–Crippen MR) is 80.9 cm³/mol. The van der Waals surface area contributed by atoms with Crippen molar-refractivity contribution in [2.45, 2.75) is 37.4 Å². The number of nitrogens with zero attached hydrogens (tertiary/aromatic N) is 1. The number of amides is 1. The molecular formula is C16H18ClNO4. The van der Waals surface area contributed by atoms with Crippen molar-refractivity contribution in [1.29, 1.82) is 0 Å². The molecule has 6 heteroatoms. The zero-order chi connectivity index (χ0) is 15.9. The van der Waals surface area contributed by atoms with E-state index in [4.69, 9.17) is 21.4 Å². The van der Waals surface area contributed by atoms with Gasteiger partial charge in [-0.2, -0.15) is 0 Å². The number of aliphatic carboxylic acids is 1. The fourth-order valence-corrected chi connectivity index (χ4v) is 3.28. The Hall–Kier alpha value is -1.59. The monoisotopic (exact) mass is 323 g/mol. The lowest BCUT2D eigenvalue weighted by Gasteiger charge is -2.37. The first-order valence-corrected chi connectivity index (χ1v) is 7.74. The second-order valence-electron chi connectivity index (χ2n) is 6.08. The molecule has 1 aromatic rings. The number of ether oxygens (including phenoxy) is 1. The third-order valence-electron chi connectivity index (χ3n) is 4.36. The average molecular weight is 324 g/mol. The number of morpholine rings is 1. The van der Waals surface area contributed by atoms with Crippen LogP contribution in [0, 0.1) is 0 Å². The van der Waals surface area contributed by atoms with Gasteiger partial charge in [0.15, 0.2) is 6.10 Å². The van der Waals surface area contributed by atoms with E-state index in [1.54, 1.807) is 17.9 Å². The SMILES string of the molecule is C[C@@H]1CN(C(=O)C2(c3cccc(Cl)c3)CC2)CC(C(=O)O)O1. The van der Waals surface area contributed by atoms with Crippen molar-refractivity contribution in [3.8, 4) is 0 Å². The predicted octanol–water partition coefficient (Wildman–Crippen LogP) is 2.07. The molecule has 1 N–H and O–H groups in total. The molecule has 1 saturated carbocycles. The number of carboxylic acids is 1. The molecule has 1 heterocycles. The average Bonchev–Trinajstić information content (AvgIpc) is 3.27. The Kier molecular flexibility index (Phi) is 3.87. The first-order chi connectivity index (χ1) is 10.4. The summed E-state index contributed by atoms with van der Waals surface area (Å²) in [6.07, 6.45) is 0.308. The highest BCUT2D eigenvalue weighted by molar-refractivity contribution is 6.30. The first-order valence-electron chi connectivity index (χ1n) is 7.36. The van der Waals surface area contributed by atoms with E-state index < -0.39 is 17.5 Å². The number of hydrogen-bond donors (Lipinski definition) is 1. The van der Waals surface area contributed by atoms with Gasteiger partial charge in [0.2, 0.25) is 5.91 Å². The molecule has 1 aromatic carbocycles. The molecule has 5 nitrogen and oxygen atoms in total. The number of rotatable bonds is 3. The lowest BCUT2D eigenvalue weighted by atomic mass is 9.93. The van der Waals surface area contributed by atoms with E-state index >= 15 is 0 Å². The Morgan fingerprint density at radius 2 is 2.09 bits per heavy atom. The zero-order valence-corrected chi connectivity index (χ0v) is 13.0. The van der Waals surface area contributed by atoms with Crippen LogP contribution in [-0.2, 0) is 19.7 Å². The molecule has 22 heavy (non-hydrogen) atoms. The fraction of sp³-hybridized carbons (Fsp3) is 0.500. The summed E-state index contributed by atoms with van der Waals surface area (Å²) in [4.78, 5) is 25.7. The molecule has 0 bridgehead atoms. The molecule has 118 valence electrons. The molecular weight excluding hydrogens is 306 g/mol. The van der Waals surface area contributed by atoms with Crippen LogP contribution in [0.3, 0.4) is 0 Å². The van der Waals surface area contributed by atoms with E-state index in [0.717, 1.165) is 18.4 Å². The van der Waals surface area contributed by atoms with Gasteiger partial charge < -0.3 is 14.7 Å². The lowest BCUT2D eigenvalue weighted by Crippen LogP contribution is -2.54. The molecule has 2 aliphatic rings. The van der Waals surface area contributed by atoms with Crippen molar-refractivity contribution in [2.75, 3.05) is 13.1 Å². The van der Waals surface area contributed by atoms with Crippen molar-refractivity contribution in [3.63, 3.8) is 0 Å². The fourth-order valence-electron chi connectivity index (χ4n) is 3.09. The molecule has 1 aliphatic carbocycles. The maximum atomic E-state index is 12.9. The maximum absolute atomic E-state index is 12.9. The van der Waals surface area contributed by atoms with Crippen LogP contribution < -0.4 is 0 Å². The summed E-state index contributed by atoms with van der Waals surface area (Å²) >= 11 is 6.03. The highest BCUT2D eigenvalue weighted by Gasteiger charge is 2.54. The van der Waals surface area contributed by atoms with Gasteiger partial charge in [0.1, 0.15) is 0 Å². The Bertz CT molecular complexity index is 614. The molecule has 0 spiro atoms. The summed E-state index contributed by atoms with van der Waals surface area (Å²) in [6.45, 7) is 2.31. The van der Waals surface area contributed by atoms with Crippen molar-refractivity contribution in [2.24, 2.45) is 0 Å². The highest BCUT2D eigenvalue weighted by atomic mass is 35.5. The topological polar surface area (TPSA) is 66.8 Å². The van der Waals surface area contributed by atoms with Gasteiger partial charge >= 0.3 is 5.97 Å². The van der Waals surface area contributed by atoms with E-state index in [-0.39, 0.29) is 18.6 Å². The second-order valence-corrected chi connectivity index (χ2v) is 6.51. The number of hydrogen-bond acceptors (Lipinski definition) is 3. The molecule has 0 radical (unpaired) electrons. The van der Waals surface area contributed by atoms with E-state index in [1.807, 2.05) is 18.2 Å². The van der Waals surface area contributed by atoms with E-state index in [9.17, 15) is 9.59 Å². The van der Waals surface area contributed by atoms with Gasteiger partial charge in [0.25, 0.3) is 0 Å². The number of carbonyl (C=O) groups excluding carboxylic acids is 1. The minimum absolute atomic E-state index is 0.0174. The van der Waals surface area contributed by atoms with Crippen LogP contribution in [0.4, 0.5) is 0 Å². The summed E-state index contributed by atoms with van der Waals surface area (Å²) < 4.78 is 5.37. The largest absolute Gasteiger partial charge is 0.479 e. The molecule has 1 unspecified atom stereocenters. The first kappa shape index (κ1) is 15.3. The van der Waals surface area contributed by atoms with Gasteiger partial charge in [-0.3, -0.25) is 4.79 Å². The minimum atomic E-state index is -1.03. The van der Waals surface area contributed by atoms with Crippen LogP contribution in [-0.4, -0.2) is 47.2 Å². The Morgan fingerprint density at radius 1 is 1.36 bits per heavy atom. The third-order valence-corrected chi connectivity index (χ3v) is 4.59. The van der Waals surface area contributed by atoms with Crippen molar-refractivity contribution < 1.29 is 19.4 Å². The van der Waals surface area contributed by atoms with Gasteiger partial charge in [-0.05, 0) is 37.5 Å². The lowest BCUT2D eigenvalue weighted by molar-refractivity contribution is -0.167.